The number of amides is 1. The van der Waals surface area contributed by atoms with Crippen LogP contribution >= 0.6 is 0 Å². The molecule has 1 saturated heterocycles. The number of carbonyl (C=O) groups is 1. The summed E-state index contributed by atoms with van der Waals surface area (Å²) in [6.07, 6.45) is 3.37. The van der Waals surface area contributed by atoms with Gasteiger partial charge in [-0.25, -0.2) is 8.42 Å². The lowest BCUT2D eigenvalue weighted by molar-refractivity contribution is -0.139. The smallest absolute Gasteiger partial charge is 0.227 e. The van der Waals surface area contributed by atoms with Crippen LogP contribution in [0.5, 0.6) is 0 Å². The van der Waals surface area contributed by atoms with Gasteiger partial charge in [0.05, 0.1) is 24.4 Å². The second-order valence-electron chi connectivity index (χ2n) is 7.90. The molecular formula is C17H31N3O4S. The summed E-state index contributed by atoms with van der Waals surface area (Å²) < 4.78 is 31.6. The average Bonchev–Trinajstić information content (AvgIpc) is 3.15. The van der Waals surface area contributed by atoms with Crippen molar-refractivity contribution in [2.45, 2.75) is 45.3 Å². The van der Waals surface area contributed by atoms with Gasteiger partial charge >= 0.3 is 0 Å². The molecule has 8 heteroatoms. The minimum absolute atomic E-state index is 0.00359. The van der Waals surface area contributed by atoms with Crippen LogP contribution in [-0.2, 0) is 19.6 Å². The minimum atomic E-state index is -3.32. The fourth-order valence-corrected chi connectivity index (χ4v) is 5.90. The van der Waals surface area contributed by atoms with Crippen LogP contribution in [0, 0.1) is 17.8 Å². The third-order valence-electron chi connectivity index (χ3n) is 6.00. The summed E-state index contributed by atoms with van der Waals surface area (Å²) in [5.41, 5.74) is 6.28. The van der Waals surface area contributed by atoms with Gasteiger partial charge in [0.2, 0.25) is 15.9 Å². The van der Waals surface area contributed by atoms with Gasteiger partial charge in [-0.15, -0.1) is 0 Å². The van der Waals surface area contributed by atoms with Gasteiger partial charge in [0.25, 0.3) is 0 Å². The topological polar surface area (TPSA) is 92.9 Å². The van der Waals surface area contributed by atoms with Crippen LogP contribution in [0.3, 0.4) is 0 Å². The molecule has 144 valence electrons. The van der Waals surface area contributed by atoms with Gasteiger partial charge < -0.3 is 15.4 Å². The van der Waals surface area contributed by atoms with Gasteiger partial charge in [-0.05, 0) is 44.9 Å². The normalized spacial score (nSPS) is 33.4. The van der Waals surface area contributed by atoms with Gasteiger partial charge in [-0.1, -0.05) is 0 Å². The fourth-order valence-electron chi connectivity index (χ4n) is 4.62. The minimum Gasteiger partial charge on any atom is -0.378 e. The molecular weight excluding hydrogens is 342 g/mol. The summed E-state index contributed by atoms with van der Waals surface area (Å²) in [6, 6.07) is -0.0128. The number of carbonyl (C=O) groups excluding carboxylic acids is 1. The van der Waals surface area contributed by atoms with Gasteiger partial charge in [-0.3, -0.25) is 4.79 Å². The predicted molar refractivity (Wildman–Crippen MR) is 95.3 cm³/mol. The highest BCUT2D eigenvalue weighted by atomic mass is 32.2. The van der Waals surface area contributed by atoms with E-state index in [0.717, 1.165) is 19.3 Å². The Bertz CT molecular complexity index is 585. The van der Waals surface area contributed by atoms with Crippen molar-refractivity contribution in [1.29, 1.82) is 0 Å². The molecule has 0 radical (unpaired) electrons. The van der Waals surface area contributed by atoms with Crippen LogP contribution in [0.25, 0.3) is 0 Å². The lowest BCUT2D eigenvalue weighted by atomic mass is 9.84. The van der Waals surface area contributed by atoms with Crippen molar-refractivity contribution >= 4 is 15.9 Å². The SMILES string of the molecule is CC(C)OCCS(=O)(=O)N1CCN(C(=O)C2C3CCC(C3)C2N)CC1. The monoisotopic (exact) mass is 373 g/mol. The zero-order chi connectivity index (χ0) is 18.2. The Morgan fingerprint density at radius 3 is 2.36 bits per heavy atom. The van der Waals surface area contributed by atoms with Crippen molar-refractivity contribution in [3.05, 3.63) is 0 Å². The zero-order valence-electron chi connectivity index (χ0n) is 15.3. The quantitative estimate of drug-likeness (QED) is 0.721. The number of hydrogen-bond donors (Lipinski definition) is 1. The summed E-state index contributed by atoms with van der Waals surface area (Å²) in [7, 11) is -3.32. The Morgan fingerprint density at radius 2 is 1.80 bits per heavy atom. The highest BCUT2D eigenvalue weighted by Crippen LogP contribution is 2.48. The predicted octanol–water partition coefficient (Wildman–Crippen LogP) is 0.259. The number of piperazine rings is 1. The van der Waals surface area contributed by atoms with E-state index in [2.05, 4.69) is 0 Å². The molecule has 25 heavy (non-hydrogen) atoms. The Labute approximate surface area is 150 Å². The lowest BCUT2D eigenvalue weighted by Crippen LogP contribution is -2.55. The number of nitrogens with two attached hydrogens (primary N) is 1. The third-order valence-corrected chi connectivity index (χ3v) is 7.84. The Kier molecular flexibility index (Phi) is 5.72. The van der Waals surface area contributed by atoms with E-state index in [9.17, 15) is 13.2 Å². The van der Waals surface area contributed by atoms with Crippen LogP contribution in [0.4, 0.5) is 0 Å². The molecule has 1 aliphatic heterocycles. The van der Waals surface area contributed by atoms with Gasteiger partial charge in [0.1, 0.15) is 0 Å². The molecule has 0 aromatic carbocycles. The first-order valence-corrected chi connectivity index (χ1v) is 11.0. The number of sulfonamides is 1. The number of fused-ring (bicyclic) bond motifs is 2. The Balaban J connectivity index is 1.51. The standard InChI is InChI=1S/C17H31N3O4S/c1-12(2)24-9-10-25(22,23)20-7-5-19(6-8-20)17(21)15-13-3-4-14(11-13)16(15)18/h12-16H,3-11,18H2,1-2H3. The molecule has 3 rings (SSSR count). The molecule has 3 fully saturated rings. The first kappa shape index (κ1) is 19.1. The second kappa shape index (κ2) is 7.50. The summed E-state index contributed by atoms with van der Waals surface area (Å²) >= 11 is 0. The molecule has 4 unspecified atom stereocenters. The summed E-state index contributed by atoms with van der Waals surface area (Å²) in [4.78, 5) is 14.7. The van der Waals surface area contributed by atoms with E-state index in [1.807, 2.05) is 18.7 Å². The maximum absolute atomic E-state index is 12.9. The maximum atomic E-state index is 12.9. The zero-order valence-corrected chi connectivity index (χ0v) is 16.1. The molecule has 0 aromatic rings. The molecule has 2 bridgehead atoms. The average molecular weight is 374 g/mol. The molecule has 2 N–H and O–H groups in total. The molecule has 0 spiro atoms. The first-order chi connectivity index (χ1) is 11.8. The second-order valence-corrected chi connectivity index (χ2v) is 9.98. The van der Waals surface area contributed by atoms with Gasteiger partial charge in [0.15, 0.2) is 0 Å². The fraction of sp³-hybridized carbons (Fsp3) is 0.941. The Hall–Kier alpha value is -0.700. The van der Waals surface area contributed by atoms with Crippen LogP contribution < -0.4 is 5.73 Å². The molecule has 2 aliphatic carbocycles. The van der Waals surface area contributed by atoms with E-state index >= 15 is 0 Å². The van der Waals surface area contributed by atoms with E-state index < -0.39 is 10.0 Å². The Morgan fingerprint density at radius 1 is 1.16 bits per heavy atom. The molecule has 1 amide bonds. The van der Waals surface area contributed by atoms with Crippen LogP contribution in [0.15, 0.2) is 0 Å². The highest BCUT2D eigenvalue weighted by molar-refractivity contribution is 7.89. The van der Waals surface area contributed by atoms with Crippen LogP contribution in [0.2, 0.25) is 0 Å². The van der Waals surface area contributed by atoms with Crippen molar-refractivity contribution in [1.82, 2.24) is 9.21 Å². The van der Waals surface area contributed by atoms with Gasteiger partial charge in [-0.2, -0.15) is 4.31 Å². The van der Waals surface area contributed by atoms with Crippen molar-refractivity contribution in [3.63, 3.8) is 0 Å². The molecule has 7 nitrogen and oxygen atoms in total. The maximum Gasteiger partial charge on any atom is 0.227 e. The van der Waals surface area contributed by atoms with Crippen molar-refractivity contribution in [2.75, 3.05) is 38.5 Å². The number of ether oxygens (including phenoxy) is 1. The van der Waals surface area contributed by atoms with Crippen LogP contribution in [-0.4, -0.2) is 74.2 Å². The van der Waals surface area contributed by atoms with Crippen molar-refractivity contribution < 1.29 is 17.9 Å². The van der Waals surface area contributed by atoms with E-state index in [1.54, 1.807) is 0 Å². The molecule has 0 aromatic heterocycles. The third kappa shape index (κ3) is 4.02. The van der Waals surface area contributed by atoms with E-state index in [-0.39, 0.29) is 36.3 Å². The molecule has 2 saturated carbocycles. The number of nitrogens with zero attached hydrogens (tertiary/aromatic N) is 2. The van der Waals surface area contributed by atoms with E-state index in [1.165, 1.54) is 4.31 Å². The van der Waals surface area contributed by atoms with Crippen LogP contribution in [0.1, 0.15) is 33.1 Å². The molecule has 3 aliphatic rings. The lowest BCUT2D eigenvalue weighted by Gasteiger charge is -2.38. The number of hydrogen-bond acceptors (Lipinski definition) is 5. The molecule has 1 heterocycles. The highest BCUT2D eigenvalue weighted by Gasteiger charge is 2.50. The van der Waals surface area contributed by atoms with E-state index in [4.69, 9.17) is 10.5 Å². The number of rotatable bonds is 6. The summed E-state index contributed by atoms with van der Waals surface area (Å²) in [5, 5.41) is 0. The summed E-state index contributed by atoms with van der Waals surface area (Å²) in [6.45, 7) is 5.64. The summed E-state index contributed by atoms with van der Waals surface area (Å²) in [5.74, 6) is 1.02. The van der Waals surface area contributed by atoms with Gasteiger partial charge in [0, 0.05) is 32.2 Å². The van der Waals surface area contributed by atoms with Crippen molar-refractivity contribution in [3.8, 4) is 0 Å². The first-order valence-electron chi connectivity index (χ1n) is 9.43. The van der Waals surface area contributed by atoms with Crippen molar-refractivity contribution in [2.24, 2.45) is 23.5 Å². The molecule has 4 atom stereocenters. The largest absolute Gasteiger partial charge is 0.378 e. The van der Waals surface area contributed by atoms with E-state index in [0.29, 0.717) is 38.0 Å².